The van der Waals surface area contributed by atoms with Crippen molar-refractivity contribution in [3.8, 4) is 0 Å². The van der Waals surface area contributed by atoms with Crippen LogP contribution in [0.1, 0.15) is 20.3 Å². The highest BCUT2D eigenvalue weighted by molar-refractivity contribution is 5.83. The monoisotopic (exact) mass is 264 g/mol. The lowest BCUT2D eigenvalue weighted by Gasteiger charge is -2.36. The molecule has 0 bridgehead atoms. The minimum absolute atomic E-state index is 0.0301. The molecule has 1 rings (SSSR count). The minimum atomic E-state index is -2.57. The van der Waals surface area contributed by atoms with Gasteiger partial charge in [0.1, 0.15) is 0 Å². The van der Waals surface area contributed by atoms with Crippen molar-refractivity contribution in [2.24, 2.45) is 11.3 Å². The summed E-state index contributed by atoms with van der Waals surface area (Å²) < 4.78 is 25.0. The summed E-state index contributed by atoms with van der Waals surface area (Å²) in [5, 5.41) is 12.0. The summed E-state index contributed by atoms with van der Waals surface area (Å²) in [7, 11) is 0. The molecule has 1 aliphatic rings. The molecular formula is C12H22F2N2O2. The van der Waals surface area contributed by atoms with Crippen LogP contribution >= 0.6 is 0 Å². The second-order valence-corrected chi connectivity index (χ2v) is 5.10. The fourth-order valence-corrected chi connectivity index (χ4v) is 2.51. The summed E-state index contributed by atoms with van der Waals surface area (Å²) in [6.45, 7) is 4.20. The second kappa shape index (κ2) is 6.43. The first-order valence-electron chi connectivity index (χ1n) is 6.33. The number of amides is 1. The molecule has 1 saturated heterocycles. The molecule has 0 aromatic heterocycles. The third-order valence-electron chi connectivity index (χ3n) is 3.73. The summed E-state index contributed by atoms with van der Waals surface area (Å²) in [5.74, 6) is -0.185. The lowest BCUT2D eigenvalue weighted by atomic mass is 9.75. The molecule has 0 radical (unpaired) electrons. The fourth-order valence-electron chi connectivity index (χ4n) is 2.51. The van der Waals surface area contributed by atoms with E-state index in [-0.39, 0.29) is 25.0 Å². The average Bonchev–Trinajstić information content (AvgIpc) is 2.77. The van der Waals surface area contributed by atoms with Gasteiger partial charge in [-0.2, -0.15) is 0 Å². The fraction of sp³-hybridized carbons (Fsp3) is 0.917. The Bertz CT molecular complexity index is 279. The summed E-state index contributed by atoms with van der Waals surface area (Å²) in [5.41, 5.74) is -0.607. The van der Waals surface area contributed by atoms with Crippen molar-refractivity contribution in [2.45, 2.75) is 26.7 Å². The van der Waals surface area contributed by atoms with E-state index in [1.807, 2.05) is 13.8 Å². The maximum atomic E-state index is 12.5. The van der Waals surface area contributed by atoms with Gasteiger partial charge in [0, 0.05) is 13.1 Å². The van der Waals surface area contributed by atoms with Crippen LogP contribution in [0.2, 0.25) is 0 Å². The Morgan fingerprint density at radius 2 is 2.17 bits per heavy atom. The molecule has 1 amide bonds. The van der Waals surface area contributed by atoms with Crippen LogP contribution in [0.4, 0.5) is 8.78 Å². The van der Waals surface area contributed by atoms with Crippen molar-refractivity contribution < 1.29 is 18.7 Å². The average molecular weight is 264 g/mol. The van der Waals surface area contributed by atoms with Crippen LogP contribution in [0, 0.1) is 11.3 Å². The van der Waals surface area contributed by atoms with Crippen molar-refractivity contribution in [1.29, 1.82) is 0 Å². The molecule has 6 heteroatoms. The molecule has 1 atom stereocenters. The number of carbonyl (C=O) groups is 1. The number of nitrogens with one attached hydrogen (secondary N) is 1. The normalized spacial score (nSPS) is 23.9. The van der Waals surface area contributed by atoms with Gasteiger partial charge < -0.3 is 15.3 Å². The first-order chi connectivity index (χ1) is 8.44. The smallest absolute Gasteiger partial charge is 0.255 e. The van der Waals surface area contributed by atoms with E-state index in [9.17, 15) is 13.6 Å². The lowest BCUT2D eigenvalue weighted by Crippen LogP contribution is -2.50. The highest BCUT2D eigenvalue weighted by Crippen LogP contribution is 2.36. The highest BCUT2D eigenvalue weighted by atomic mass is 19.3. The number of rotatable bonds is 6. The number of halogens is 2. The molecule has 2 N–H and O–H groups in total. The zero-order valence-electron chi connectivity index (χ0n) is 11.0. The zero-order chi connectivity index (χ0) is 13.8. The minimum Gasteiger partial charge on any atom is -0.395 e. The second-order valence-electron chi connectivity index (χ2n) is 5.10. The Labute approximate surface area is 106 Å². The van der Waals surface area contributed by atoms with Gasteiger partial charge in [0.05, 0.1) is 18.6 Å². The van der Waals surface area contributed by atoms with Gasteiger partial charge in [-0.05, 0) is 18.9 Å². The summed E-state index contributed by atoms with van der Waals surface area (Å²) in [4.78, 5) is 13.6. The number of nitrogens with zero attached hydrogens (tertiary/aromatic N) is 1. The van der Waals surface area contributed by atoms with Crippen LogP contribution in [0.3, 0.4) is 0 Å². The van der Waals surface area contributed by atoms with Gasteiger partial charge in [-0.3, -0.25) is 4.79 Å². The van der Waals surface area contributed by atoms with Crippen LogP contribution in [0.5, 0.6) is 0 Å². The molecule has 4 nitrogen and oxygen atoms in total. The Morgan fingerprint density at radius 1 is 1.50 bits per heavy atom. The quantitative estimate of drug-likeness (QED) is 0.743. The van der Waals surface area contributed by atoms with Gasteiger partial charge in [0.25, 0.3) is 6.43 Å². The van der Waals surface area contributed by atoms with Gasteiger partial charge in [-0.1, -0.05) is 13.8 Å². The third-order valence-corrected chi connectivity index (χ3v) is 3.73. The van der Waals surface area contributed by atoms with Crippen molar-refractivity contribution >= 4 is 5.91 Å². The molecular weight excluding hydrogens is 242 g/mol. The third kappa shape index (κ3) is 3.17. The molecule has 1 heterocycles. The van der Waals surface area contributed by atoms with Gasteiger partial charge in [-0.25, -0.2) is 8.78 Å². The first kappa shape index (κ1) is 15.3. The van der Waals surface area contributed by atoms with Crippen molar-refractivity contribution in [3.63, 3.8) is 0 Å². The van der Waals surface area contributed by atoms with Crippen LogP contribution in [-0.2, 0) is 4.79 Å². The van der Waals surface area contributed by atoms with Crippen LogP contribution in [0.25, 0.3) is 0 Å². The molecule has 18 heavy (non-hydrogen) atoms. The van der Waals surface area contributed by atoms with E-state index in [4.69, 9.17) is 5.11 Å². The molecule has 1 fully saturated rings. The number of aliphatic hydroxyl groups excluding tert-OH is 1. The van der Waals surface area contributed by atoms with Crippen LogP contribution < -0.4 is 5.32 Å². The summed E-state index contributed by atoms with van der Waals surface area (Å²) in [6, 6.07) is 0. The Kier molecular flexibility index (Phi) is 5.47. The molecule has 0 aliphatic carbocycles. The van der Waals surface area contributed by atoms with Crippen LogP contribution in [-0.4, -0.2) is 55.1 Å². The topological polar surface area (TPSA) is 52.6 Å². The van der Waals surface area contributed by atoms with E-state index >= 15 is 0 Å². The van der Waals surface area contributed by atoms with Crippen LogP contribution in [0.15, 0.2) is 0 Å². The Hall–Kier alpha value is -0.750. The molecule has 0 aromatic rings. The van der Waals surface area contributed by atoms with E-state index in [1.165, 1.54) is 0 Å². The van der Waals surface area contributed by atoms with Crippen molar-refractivity contribution in [2.75, 3.05) is 32.8 Å². The van der Waals surface area contributed by atoms with E-state index in [2.05, 4.69) is 5.32 Å². The number of hydrogen-bond donors (Lipinski definition) is 2. The predicted octanol–water partition coefficient (Wildman–Crippen LogP) is 0.708. The van der Waals surface area contributed by atoms with Crippen molar-refractivity contribution in [1.82, 2.24) is 10.2 Å². The molecule has 0 aromatic carbocycles. The highest BCUT2D eigenvalue weighted by Gasteiger charge is 2.46. The molecule has 0 saturated carbocycles. The predicted molar refractivity (Wildman–Crippen MR) is 64.4 cm³/mol. The molecule has 1 aliphatic heterocycles. The van der Waals surface area contributed by atoms with E-state index < -0.39 is 18.4 Å². The standard InChI is InChI=1S/C12H22F2N2O2/c1-9(2)12(3-4-15-8-12)11(18)16(5-6-17)7-10(13)14/h9-10,15,17H,3-8H2,1-2H3. The lowest BCUT2D eigenvalue weighted by molar-refractivity contribution is -0.146. The molecule has 0 spiro atoms. The van der Waals surface area contributed by atoms with E-state index in [0.29, 0.717) is 13.0 Å². The summed E-state index contributed by atoms with van der Waals surface area (Å²) in [6.07, 6.45) is -1.91. The molecule has 1 unspecified atom stereocenters. The Morgan fingerprint density at radius 3 is 2.56 bits per heavy atom. The maximum Gasteiger partial charge on any atom is 0.255 e. The molecule has 106 valence electrons. The summed E-state index contributed by atoms with van der Waals surface area (Å²) >= 11 is 0. The first-order valence-corrected chi connectivity index (χ1v) is 6.33. The van der Waals surface area contributed by atoms with E-state index in [0.717, 1.165) is 11.4 Å². The Balaban J connectivity index is 2.85. The maximum absolute atomic E-state index is 12.5. The van der Waals surface area contributed by atoms with Gasteiger partial charge in [0.2, 0.25) is 5.91 Å². The number of hydrogen-bond acceptors (Lipinski definition) is 3. The van der Waals surface area contributed by atoms with Crippen molar-refractivity contribution in [3.05, 3.63) is 0 Å². The SMILES string of the molecule is CC(C)C1(C(=O)N(CCO)CC(F)F)CCNC1. The zero-order valence-corrected chi connectivity index (χ0v) is 11.0. The number of alkyl halides is 2. The van der Waals surface area contributed by atoms with Gasteiger partial charge in [-0.15, -0.1) is 0 Å². The van der Waals surface area contributed by atoms with E-state index in [1.54, 1.807) is 0 Å². The van der Waals surface area contributed by atoms with Gasteiger partial charge in [0.15, 0.2) is 0 Å². The number of aliphatic hydroxyl groups is 1. The number of carbonyl (C=O) groups excluding carboxylic acids is 1. The largest absolute Gasteiger partial charge is 0.395 e. The van der Waals surface area contributed by atoms with Gasteiger partial charge >= 0.3 is 0 Å².